The maximum atomic E-state index is 8.29. The van der Waals surface area contributed by atoms with Crippen molar-refractivity contribution in [2.45, 2.75) is 0 Å². The zero-order chi connectivity index (χ0) is 7.98. The molecule has 0 radical (unpaired) electrons. The first kappa shape index (κ1) is 8.51. The van der Waals surface area contributed by atoms with Crippen LogP contribution in [0.2, 0.25) is 0 Å². The molecule has 0 fully saturated rings. The van der Waals surface area contributed by atoms with Gasteiger partial charge in [0, 0.05) is 5.57 Å². The average molecular weight is 135 g/mol. The summed E-state index contributed by atoms with van der Waals surface area (Å²) in [6.07, 6.45) is 3.04. The van der Waals surface area contributed by atoms with Crippen LogP contribution in [0.5, 0.6) is 0 Å². The second-order valence-electron chi connectivity index (χ2n) is 1.59. The summed E-state index contributed by atoms with van der Waals surface area (Å²) in [5.41, 5.74) is 0.358. The Kier molecular flexibility index (Phi) is 3.74. The van der Waals surface area contributed by atoms with Crippen molar-refractivity contribution in [3.05, 3.63) is 36.6 Å². The highest BCUT2D eigenvalue weighted by molar-refractivity contribution is 5.33. The van der Waals surface area contributed by atoms with Crippen molar-refractivity contribution in [3.8, 4) is 6.07 Å². The summed E-state index contributed by atoms with van der Waals surface area (Å²) in [6, 6.07) is 1.87. The number of nitrogens with zero attached hydrogens (tertiary/aromatic N) is 1. The molecular weight excluding hydrogens is 126 g/mol. The molecule has 0 saturated heterocycles. The summed E-state index contributed by atoms with van der Waals surface area (Å²) in [5.74, 6) is 0.548. The van der Waals surface area contributed by atoms with Gasteiger partial charge in [0.1, 0.15) is 5.76 Å². The fraction of sp³-hybridized carbons (Fsp3) is 0.125. The summed E-state index contributed by atoms with van der Waals surface area (Å²) >= 11 is 0. The van der Waals surface area contributed by atoms with Crippen LogP contribution in [-0.4, -0.2) is 7.11 Å². The van der Waals surface area contributed by atoms with Gasteiger partial charge in [0.25, 0.3) is 0 Å². The molecular formula is C8H9NO. The lowest BCUT2D eigenvalue weighted by Gasteiger charge is -1.96. The standard InChI is InChI=1S/C8H9NO/c1-4-8(10-3)5-7(2)6-9/h4-5H,1-2H2,3H3/b8-5+. The topological polar surface area (TPSA) is 33.0 Å². The number of nitriles is 1. The first-order valence-corrected chi connectivity index (χ1v) is 2.71. The van der Waals surface area contributed by atoms with Crippen LogP contribution in [0.25, 0.3) is 0 Å². The molecule has 0 aromatic rings. The minimum atomic E-state index is 0.358. The minimum Gasteiger partial charge on any atom is -0.497 e. The smallest absolute Gasteiger partial charge is 0.119 e. The van der Waals surface area contributed by atoms with Crippen molar-refractivity contribution in [3.63, 3.8) is 0 Å². The van der Waals surface area contributed by atoms with Crippen molar-refractivity contribution < 1.29 is 4.74 Å². The summed E-state index contributed by atoms with van der Waals surface area (Å²) < 4.78 is 4.80. The van der Waals surface area contributed by atoms with Gasteiger partial charge in [-0.15, -0.1) is 0 Å². The number of rotatable bonds is 3. The summed E-state index contributed by atoms with van der Waals surface area (Å²) in [5, 5.41) is 8.29. The lowest BCUT2D eigenvalue weighted by Crippen LogP contribution is -1.81. The van der Waals surface area contributed by atoms with Gasteiger partial charge >= 0.3 is 0 Å². The molecule has 0 aliphatic heterocycles. The van der Waals surface area contributed by atoms with E-state index in [1.807, 2.05) is 6.07 Å². The summed E-state index contributed by atoms with van der Waals surface area (Å²) in [4.78, 5) is 0. The molecule has 0 saturated carbocycles. The molecule has 0 atom stereocenters. The zero-order valence-corrected chi connectivity index (χ0v) is 5.92. The largest absolute Gasteiger partial charge is 0.497 e. The predicted octanol–water partition coefficient (Wildman–Crippen LogP) is 1.78. The van der Waals surface area contributed by atoms with Gasteiger partial charge in [-0.25, -0.2) is 0 Å². The van der Waals surface area contributed by atoms with E-state index in [1.165, 1.54) is 19.3 Å². The number of hydrogen-bond donors (Lipinski definition) is 0. The van der Waals surface area contributed by atoms with Gasteiger partial charge in [0.05, 0.1) is 13.2 Å². The molecule has 10 heavy (non-hydrogen) atoms. The highest BCUT2D eigenvalue weighted by Gasteiger charge is 1.88. The molecule has 0 unspecified atom stereocenters. The van der Waals surface area contributed by atoms with Crippen LogP contribution in [0.4, 0.5) is 0 Å². The third-order valence-electron chi connectivity index (χ3n) is 0.897. The van der Waals surface area contributed by atoms with Crippen LogP contribution in [0.3, 0.4) is 0 Å². The maximum Gasteiger partial charge on any atom is 0.119 e. The van der Waals surface area contributed by atoms with Gasteiger partial charge in [0.2, 0.25) is 0 Å². The summed E-state index contributed by atoms with van der Waals surface area (Å²) in [6.45, 7) is 6.92. The first-order chi connectivity index (χ1) is 4.74. The highest BCUT2D eigenvalue weighted by Crippen LogP contribution is 2.00. The molecule has 0 N–H and O–H groups in total. The molecule has 0 spiro atoms. The quantitative estimate of drug-likeness (QED) is 0.335. The molecule has 0 aromatic carbocycles. The second kappa shape index (κ2) is 4.39. The third kappa shape index (κ3) is 2.73. The Morgan fingerprint density at radius 1 is 1.70 bits per heavy atom. The van der Waals surface area contributed by atoms with Crippen molar-refractivity contribution in [1.29, 1.82) is 5.26 Å². The molecule has 0 rings (SSSR count). The van der Waals surface area contributed by atoms with Crippen molar-refractivity contribution in [2.24, 2.45) is 0 Å². The van der Waals surface area contributed by atoms with Crippen LogP contribution in [0, 0.1) is 11.3 Å². The van der Waals surface area contributed by atoms with Gasteiger partial charge < -0.3 is 4.74 Å². The fourth-order valence-corrected chi connectivity index (χ4v) is 0.405. The zero-order valence-electron chi connectivity index (χ0n) is 5.92. The molecule has 0 aliphatic carbocycles. The maximum absolute atomic E-state index is 8.29. The van der Waals surface area contributed by atoms with E-state index in [0.717, 1.165) is 0 Å². The van der Waals surface area contributed by atoms with Crippen LogP contribution in [0.1, 0.15) is 0 Å². The molecule has 0 amide bonds. The SMILES string of the molecule is C=C/C(=C\C(=C)C#N)OC. The van der Waals surface area contributed by atoms with E-state index in [9.17, 15) is 0 Å². The molecule has 2 nitrogen and oxygen atoms in total. The molecule has 0 heterocycles. The molecule has 2 heteroatoms. The van der Waals surface area contributed by atoms with Crippen molar-refractivity contribution in [2.75, 3.05) is 7.11 Å². The van der Waals surface area contributed by atoms with E-state index in [0.29, 0.717) is 11.3 Å². The van der Waals surface area contributed by atoms with Gasteiger partial charge in [-0.2, -0.15) is 5.26 Å². The lowest BCUT2D eigenvalue weighted by molar-refractivity contribution is 0.307. The predicted molar refractivity (Wildman–Crippen MR) is 40.0 cm³/mol. The van der Waals surface area contributed by atoms with E-state index >= 15 is 0 Å². The highest BCUT2D eigenvalue weighted by atomic mass is 16.5. The average Bonchev–Trinajstić information content (AvgIpc) is 1.99. The summed E-state index contributed by atoms with van der Waals surface area (Å²) in [7, 11) is 1.51. The normalized spacial score (nSPS) is 9.80. The molecule has 0 bridgehead atoms. The van der Waals surface area contributed by atoms with E-state index in [-0.39, 0.29) is 0 Å². The monoisotopic (exact) mass is 135 g/mol. The van der Waals surface area contributed by atoms with E-state index in [4.69, 9.17) is 10.00 Å². The van der Waals surface area contributed by atoms with Crippen LogP contribution >= 0.6 is 0 Å². The number of ether oxygens (including phenoxy) is 1. The van der Waals surface area contributed by atoms with Gasteiger partial charge in [0.15, 0.2) is 0 Å². The number of allylic oxidation sites excluding steroid dienone is 3. The van der Waals surface area contributed by atoms with Gasteiger partial charge in [-0.05, 0) is 12.2 Å². The van der Waals surface area contributed by atoms with Crippen LogP contribution in [0.15, 0.2) is 36.6 Å². The Labute approximate surface area is 60.7 Å². The minimum absolute atomic E-state index is 0.358. The van der Waals surface area contributed by atoms with Crippen molar-refractivity contribution >= 4 is 0 Å². The number of methoxy groups -OCH3 is 1. The Morgan fingerprint density at radius 3 is 2.60 bits per heavy atom. The van der Waals surface area contributed by atoms with Crippen LogP contribution < -0.4 is 0 Å². The first-order valence-electron chi connectivity index (χ1n) is 2.71. The van der Waals surface area contributed by atoms with E-state index in [1.54, 1.807) is 0 Å². The third-order valence-corrected chi connectivity index (χ3v) is 0.897. The Balaban J connectivity index is 4.28. The Bertz CT molecular complexity index is 208. The molecule has 52 valence electrons. The van der Waals surface area contributed by atoms with Crippen LogP contribution in [-0.2, 0) is 4.74 Å². The lowest BCUT2D eigenvalue weighted by atomic mass is 10.3. The van der Waals surface area contributed by atoms with E-state index < -0.39 is 0 Å². The molecule has 0 aliphatic rings. The Hall–Kier alpha value is -1.49. The van der Waals surface area contributed by atoms with Gasteiger partial charge in [-0.3, -0.25) is 0 Å². The Morgan fingerprint density at radius 2 is 2.30 bits per heavy atom. The van der Waals surface area contributed by atoms with Crippen molar-refractivity contribution in [1.82, 2.24) is 0 Å². The number of hydrogen-bond acceptors (Lipinski definition) is 2. The molecule has 0 aromatic heterocycles. The fourth-order valence-electron chi connectivity index (χ4n) is 0.405. The van der Waals surface area contributed by atoms with E-state index in [2.05, 4.69) is 13.2 Å². The van der Waals surface area contributed by atoms with Gasteiger partial charge in [-0.1, -0.05) is 13.2 Å². The second-order valence-corrected chi connectivity index (χ2v) is 1.59.